The maximum atomic E-state index is 9.72. The minimum atomic E-state index is 0.0107. The van der Waals surface area contributed by atoms with Gasteiger partial charge in [0.2, 0.25) is 0 Å². The van der Waals surface area contributed by atoms with Crippen molar-refractivity contribution in [2.45, 2.75) is 70.4 Å². The van der Waals surface area contributed by atoms with Crippen LogP contribution in [-0.4, -0.2) is 41.1 Å². The average molecular weight is 421 g/mol. The minimum absolute atomic E-state index is 0.0107. The predicted octanol–water partition coefficient (Wildman–Crippen LogP) is 5.68. The molecule has 1 aliphatic carbocycles. The maximum Gasteiger partial charge on any atom is 0.119 e. The van der Waals surface area contributed by atoms with E-state index in [1.807, 2.05) is 6.07 Å². The van der Waals surface area contributed by atoms with E-state index in [1.54, 1.807) is 0 Å². The molecule has 1 N–H and O–H groups in total. The molecule has 0 radical (unpaired) electrons. The number of fused-ring (bicyclic) bond motifs is 2. The quantitative estimate of drug-likeness (QED) is 0.463. The minimum Gasteiger partial charge on any atom is -0.491 e. The van der Waals surface area contributed by atoms with Crippen LogP contribution in [0.15, 0.2) is 59.8 Å². The molecule has 1 heterocycles. The van der Waals surface area contributed by atoms with Crippen molar-refractivity contribution in [3.63, 3.8) is 0 Å². The third-order valence-corrected chi connectivity index (χ3v) is 7.23. The van der Waals surface area contributed by atoms with Crippen molar-refractivity contribution in [3.05, 3.63) is 65.7 Å². The second-order valence-corrected chi connectivity index (χ2v) is 9.74. The molecule has 4 nitrogen and oxygen atoms in total. The van der Waals surface area contributed by atoms with E-state index < -0.39 is 0 Å². The lowest BCUT2D eigenvalue weighted by Gasteiger charge is -2.54. The molecule has 2 aliphatic rings. The fourth-order valence-electron chi connectivity index (χ4n) is 5.72. The van der Waals surface area contributed by atoms with Crippen LogP contribution in [0.1, 0.15) is 57.6 Å². The first kappa shape index (κ1) is 21.9. The molecule has 4 rings (SSSR count). The molecule has 3 atom stereocenters. The number of oxime groups is 1. The van der Waals surface area contributed by atoms with Gasteiger partial charge in [0.1, 0.15) is 5.75 Å². The fourth-order valence-corrected chi connectivity index (χ4v) is 5.72. The Morgan fingerprint density at radius 2 is 1.97 bits per heavy atom. The SMILES string of the molecule is CC(C)Oc1cccc([C@]23C/C(=N\O)C[C@H](C2)N(CCCc2ccccc2)C[C@@H]3C)c1. The molecule has 0 unspecified atom stereocenters. The van der Waals surface area contributed by atoms with Crippen molar-refractivity contribution >= 4 is 5.71 Å². The van der Waals surface area contributed by atoms with E-state index >= 15 is 0 Å². The second-order valence-electron chi connectivity index (χ2n) is 9.74. The Labute approximate surface area is 186 Å². The Bertz CT molecular complexity index is 895. The normalized spacial score (nSPS) is 27.5. The highest BCUT2D eigenvalue weighted by Crippen LogP contribution is 2.49. The summed E-state index contributed by atoms with van der Waals surface area (Å²) in [7, 11) is 0. The first-order valence-electron chi connectivity index (χ1n) is 11.7. The number of hydrogen-bond donors (Lipinski definition) is 1. The van der Waals surface area contributed by atoms with E-state index in [0.29, 0.717) is 12.0 Å². The molecule has 0 amide bonds. The standard InChI is InChI=1S/C27H36N2O2/c1-20(2)31-26-13-7-12-23(15-26)27-17-24(28-30)16-25(18-27)29(19-21(27)3)14-8-11-22-9-5-4-6-10-22/h4-7,9-10,12-13,15,20-21,25,30H,8,11,14,16-19H2,1-3H3/b28-24-/t21-,25+,27+/m0/s1. The smallest absolute Gasteiger partial charge is 0.119 e. The zero-order chi connectivity index (χ0) is 21.8. The molecular weight excluding hydrogens is 384 g/mol. The second kappa shape index (κ2) is 9.44. The van der Waals surface area contributed by atoms with E-state index in [-0.39, 0.29) is 11.5 Å². The van der Waals surface area contributed by atoms with Crippen molar-refractivity contribution in [2.24, 2.45) is 11.1 Å². The van der Waals surface area contributed by atoms with E-state index in [0.717, 1.165) is 56.7 Å². The molecule has 2 aromatic rings. The zero-order valence-corrected chi connectivity index (χ0v) is 19.1. The van der Waals surface area contributed by atoms with Gasteiger partial charge in [0.15, 0.2) is 0 Å². The number of likely N-dealkylation sites (tertiary alicyclic amines) is 1. The summed E-state index contributed by atoms with van der Waals surface area (Å²) in [5, 5.41) is 13.4. The zero-order valence-electron chi connectivity index (χ0n) is 19.1. The van der Waals surface area contributed by atoms with Gasteiger partial charge >= 0.3 is 0 Å². The molecule has 2 fully saturated rings. The highest BCUT2D eigenvalue weighted by atomic mass is 16.5. The highest BCUT2D eigenvalue weighted by Gasteiger charge is 2.50. The number of nitrogens with zero attached hydrogens (tertiary/aromatic N) is 2. The van der Waals surface area contributed by atoms with Crippen LogP contribution in [0, 0.1) is 5.92 Å². The van der Waals surface area contributed by atoms with Crippen LogP contribution in [-0.2, 0) is 11.8 Å². The van der Waals surface area contributed by atoms with Gasteiger partial charge < -0.3 is 9.94 Å². The van der Waals surface area contributed by atoms with Crippen molar-refractivity contribution in [3.8, 4) is 5.75 Å². The molecule has 2 aromatic carbocycles. The Morgan fingerprint density at radius 3 is 2.71 bits per heavy atom. The van der Waals surface area contributed by atoms with Gasteiger partial charge in [-0.15, -0.1) is 0 Å². The van der Waals surface area contributed by atoms with Gasteiger partial charge in [0.05, 0.1) is 11.8 Å². The van der Waals surface area contributed by atoms with Gasteiger partial charge in [-0.25, -0.2) is 0 Å². The first-order chi connectivity index (χ1) is 15.0. The third-order valence-electron chi connectivity index (χ3n) is 7.23. The van der Waals surface area contributed by atoms with Gasteiger partial charge in [-0.05, 0) is 75.3 Å². The number of aryl methyl sites for hydroxylation is 1. The number of rotatable bonds is 7. The van der Waals surface area contributed by atoms with Crippen LogP contribution < -0.4 is 4.74 Å². The lowest BCUT2D eigenvalue weighted by molar-refractivity contribution is 0.0385. The lowest BCUT2D eigenvalue weighted by Crippen LogP contribution is -2.58. The monoisotopic (exact) mass is 420 g/mol. The van der Waals surface area contributed by atoms with Crippen LogP contribution in [0.3, 0.4) is 0 Å². The third kappa shape index (κ3) is 4.79. The van der Waals surface area contributed by atoms with Gasteiger partial charge in [-0.2, -0.15) is 0 Å². The summed E-state index contributed by atoms with van der Waals surface area (Å²) in [4.78, 5) is 2.64. The van der Waals surface area contributed by atoms with Gasteiger partial charge in [0.25, 0.3) is 0 Å². The number of hydrogen-bond acceptors (Lipinski definition) is 4. The van der Waals surface area contributed by atoms with Crippen LogP contribution in [0.2, 0.25) is 0 Å². The van der Waals surface area contributed by atoms with Crippen molar-refractivity contribution in [1.82, 2.24) is 4.90 Å². The van der Waals surface area contributed by atoms with E-state index in [9.17, 15) is 5.21 Å². The van der Waals surface area contributed by atoms with Crippen LogP contribution >= 0.6 is 0 Å². The summed E-state index contributed by atoms with van der Waals surface area (Å²) in [6, 6.07) is 19.8. The van der Waals surface area contributed by atoms with Gasteiger partial charge in [-0.1, -0.05) is 54.5 Å². The predicted molar refractivity (Wildman–Crippen MR) is 126 cm³/mol. The number of benzene rings is 2. The summed E-state index contributed by atoms with van der Waals surface area (Å²) in [6.07, 6.45) is 5.25. The topological polar surface area (TPSA) is 45.1 Å². The average Bonchev–Trinajstić information content (AvgIpc) is 2.77. The Kier molecular flexibility index (Phi) is 6.66. The van der Waals surface area contributed by atoms with Crippen LogP contribution in [0.5, 0.6) is 5.75 Å². The molecule has 0 aromatic heterocycles. The molecule has 166 valence electrons. The summed E-state index contributed by atoms with van der Waals surface area (Å²) in [5.74, 6) is 1.41. The van der Waals surface area contributed by atoms with Crippen molar-refractivity contribution in [1.29, 1.82) is 0 Å². The van der Waals surface area contributed by atoms with Crippen LogP contribution in [0.25, 0.3) is 0 Å². The number of piperidine rings is 1. The van der Waals surface area contributed by atoms with E-state index in [1.165, 1.54) is 11.1 Å². The summed E-state index contributed by atoms with van der Waals surface area (Å²) >= 11 is 0. The van der Waals surface area contributed by atoms with Crippen molar-refractivity contribution in [2.75, 3.05) is 13.1 Å². The largest absolute Gasteiger partial charge is 0.491 e. The first-order valence-corrected chi connectivity index (χ1v) is 11.7. The highest BCUT2D eigenvalue weighted by molar-refractivity contribution is 5.87. The van der Waals surface area contributed by atoms with Crippen molar-refractivity contribution < 1.29 is 9.94 Å². The number of ether oxygens (including phenoxy) is 1. The summed E-state index contributed by atoms with van der Waals surface area (Å²) in [6.45, 7) is 8.68. The van der Waals surface area contributed by atoms with E-state index in [4.69, 9.17) is 4.74 Å². The Balaban J connectivity index is 1.53. The molecule has 31 heavy (non-hydrogen) atoms. The summed E-state index contributed by atoms with van der Waals surface area (Å²) < 4.78 is 5.99. The lowest BCUT2D eigenvalue weighted by atomic mass is 9.58. The molecule has 2 bridgehead atoms. The molecule has 1 saturated carbocycles. The van der Waals surface area contributed by atoms with E-state index in [2.05, 4.69) is 79.4 Å². The molecular formula is C27H36N2O2. The molecule has 0 spiro atoms. The maximum absolute atomic E-state index is 9.72. The van der Waals surface area contributed by atoms with Crippen LogP contribution in [0.4, 0.5) is 0 Å². The Hall–Kier alpha value is -2.33. The molecule has 1 aliphatic heterocycles. The fraction of sp³-hybridized carbons (Fsp3) is 0.519. The molecule has 4 heteroatoms. The Morgan fingerprint density at radius 1 is 1.16 bits per heavy atom. The van der Waals surface area contributed by atoms with Gasteiger partial charge in [-0.3, -0.25) is 4.90 Å². The summed E-state index contributed by atoms with van der Waals surface area (Å²) in [5.41, 5.74) is 3.68. The molecule has 1 saturated heterocycles. The van der Waals surface area contributed by atoms with Gasteiger partial charge in [0, 0.05) is 24.4 Å².